The van der Waals surface area contributed by atoms with E-state index >= 15 is 0 Å². The third-order valence-corrected chi connectivity index (χ3v) is 6.68. The first kappa shape index (κ1) is 10.8. The number of hydrogen-bond acceptors (Lipinski definition) is 1. The lowest BCUT2D eigenvalue weighted by Crippen LogP contribution is -2.53. The third-order valence-electron chi connectivity index (χ3n) is 6.68. The molecule has 0 spiro atoms. The second kappa shape index (κ2) is 3.73. The van der Waals surface area contributed by atoms with Gasteiger partial charge in [0.2, 0.25) is 0 Å². The van der Waals surface area contributed by atoms with Gasteiger partial charge in [-0.2, -0.15) is 0 Å². The summed E-state index contributed by atoms with van der Waals surface area (Å²) in [7, 11) is 2.11. The fraction of sp³-hybridized carbons (Fsp3) is 1.00. The summed E-state index contributed by atoms with van der Waals surface area (Å²) in [6.07, 6.45) is 12.8. The van der Waals surface area contributed by atoms with E-state index in [9.17, 15) is 0 Å². The van der Waals surface area contributed by atoms with E-state index in [-0.39, 0.29) is 0 Å². The number of nitrogens with one attached hydrogen (secondary N) is 1. The number of rotatable bonds is 3. The summed E-state index contributed by atoms with van der Waals surface area (Å²) in [6, 6.07) is 0. The van der Waals surface area contributed by atoms with Crippen molar-refractivity contribution in [1.29, 1.82) is 0 Å². The molecule has 5 rings (SSSR count). The van der Waals surface area contributed by atoms with Crippen LogP contribution in [0.4, 0.5) is 0 Å². The van der Waals surface area contributed by atoms with Crippen LogP contribution in [0.3, 0.4) is 0 Å². The summed E-state index contributed by atoms with van der Waals surface area (Å²) in [4.78, 5) is 0. The lowest BCUT2D eigenvalue weighted by Gasteiger charge is -2.62. The molecule has 0 unspecified atom stereocenters. The van der Waals surface area contributed by atoms with E-state index in [1.165, 1.54) is 6.54 Å². The molecule has 5 saturated carbocycles. The van der Waals surface area contributed by atoms with Crippen LogP contribution in [0.1, 0.15) is 51.4 Å². The Morgan fingerprint density at radius 2 is 1.41 bits per heavy atom. The van der Waals surface area contributed by atoms with E-state index in [1.54, 1.807) is 51.4 Å². The zero-order chi connectivity index (χ0) is 11.5. The van der Waals surface area contributed by atoms with Crippen LogP contribution in [0.5, 0.6) is 0 Å². The highest BCUT2D eigenvalue weighted by molar-refractivity contribution is 5.06. The molecule has 1 heteroatoms. The predicted molar refractivity (Wildman–Crippen MR) is 70.7 cm³/mol. The van der Waals surface area contributed by atoms with E-state index in [0.717, 1.165) is 35.0 Å². The molecule has 96 valence electrons. The Bertz CT molecular complexity index is 267. The molecule has 1 N–H and O–H groups in total. The molecule has 0 aromatic heterocycles. The first-order valence-corrected chi connectivity index (χ1v) is 7.92. The van der Waals surface area contributed by atoms with Crippen molar-refractivity contribution in [3.8, 4) is 0 Å². The average Bonchev–Trinajstić information content (AvgIpc) is 2.20. The van der Waals surface area contributed by atoms with Gasteiger partial charge in [0.05, 0.1) is 0 Å². The third kappa shape index (κ3) is 1.61. The molecule has 5 fully saturated rings. The van der Waals surface area contributed by atoms with Crippen LogP contribution in [0.15, 0.2) is 0 Å². The van der Waals surface area contributed by atoms with Gasteiger partial charge in [0.25, 0.3) is 0 Å². The summed E-state index contributed by atoms with van der Waals surface area (Å²) < 4.78 is 0. The van der Waals surface area contributed by atoms with Crippen LogP contribution < -0.4 is 5.32 Å². The second-order valence-corrected chi connectivity index (χ2v) is 7.87. The van der Waals surface area contributed by atoms with Gasteiger partial charge in [0.15, 0.2) is 0 Å². The fourth-order valence-corrected chi connectivity index (χ4v) is 6.37. The SMILES string of the molecule is CNCC1CC(C23CC4CC(CC(C4)C2)C3)C1. The predicted octanol–water partition coefficient (Wildman–Crippen LogP) is 3.45. The zero-order valence-electron chi connectivity index (χ0n) is 11.3. The molecule has 0 aromatic rings. The Kier molecular flexibility index (Phi) is 2.38. The maximum atomic E-state index is 3.36. The van der Waals surface area contributed by atoms with E-state index < -0.39 is 0 Å². The minimum Gasteiger partial charge on any atom is -0.319 e. The van der Waals surface area contributed by atoms with Gasteiger partial charge < -0.3 is 5.32 Å². The lowest BCUT2D eigenvalue weighted by molar-refractivity contribution is -0.118. The van der Waals surface area contributed by atoms with Crippen LogP contribution in [0, 0.1) is 35.0 Å². The van der Waals surface area contributed by atoms with Crippen LogP contribution in [-0.2, 0) is 0 Å². The van der Waals surface area contributed by atoms with Crippen molar-refractivity contribution in [3.05, 3.63) is 0 Å². The van der Waals surface area contributed by atoms with Gasteiger partial charge >= 0.3 is 0 Å². The van der Waals surface area contributed by atoms with E-state index in [0.29, 0.717) is 0 Å². The summed E-state index contributed by atoms with van der Waals surface area (Å²) in [5, 5.41) is 3.36. The molecule has 0 saturated heterocycles. The minimum absolute atomic E-state index is 0.846. The van der Waals surface area contributed by atoms with Crippen molar-refractivity contribution < 1.29 is 0 Å². The zero-order valence-corrected chi connectivity index (χ0v) is 11.3. The van der Waals surface area contributed by atoms with E-state index in [4.69, 9.17) is 0 Å². The fourth-order valence-electron chi connectivity index (χ4n) is 6.37. The lowest BCUT2D eigenvalue weighted by atomic mass is 9.43. The van der Waals surface area contributed by atoms with Crippen molar-refractivity contribution in [3.63, 3.8) is 0 Å². The quantitative estimate of drug-likeness (QED) is 0.787. The first-order chi connectivity index (χ1) is 8.27. The molecule has 5 aliphatic carbocycles. The van der Waals surface area contributed by atoms with Gasteiger partial charge in [-0.25, -0.2) is 0 Å². The second-order valence-electron chi connectivity index (χ2n) is 7.87. The molecular formula is C16H27N. The Morgan fingerprint density at radius 1 is 0.882 bits per heavy atom. The van der Waals surface area contributed by atoms with Gasteiger partial charge in [-0.3, -0.25) is 0 Å². The Balaban J connectivity index is 1.47. The van der Waals surface area contributed by atoms with Crippen molar-refractivity contribution >= 4 is 0 Å². The van der Waals surface area contributed by atoms with E-state index in [1.807, 2.05) is 0 Å². The molecule has 0 radical (unpaired) electrons. The molecular weight excluding hydrogens is 206 g/mol. The van der Waals surface area contributed by atoms with Gasteiger partial charge in [0.1, 0.15) is 0 Å². The van der Waals surface area contributed by atoms with Crippen molar-refractivity contribution in [1.82, 2.24) is 5.32 Å². The molecule has 0 heterocycles. The molecule has 0 amide bonds. The minimum atomic E-state index is 0.846. The molecule has 4 bridgehead atoms. The largest absolute Gasteiger partial charge is 0.319 e. The van der Waals surface area contributed by atoms with Crippen LogP contribution in [0.2, 0.25) is 0 Å². The van der Waals surface area contributed by atoms with Crippen molar-refractivity contribution in [2.24, 2.45) is 35.0 Å². The van der Waals surface area contributed by atoms with Crippen molar-refractivity contribution in [2.75, 3.05) is 13.6 Å². The van der Waals surface area contributed by atoms with Crippen molar-refractivity contribution in [2.45, 2.75) is 51.4 Å². The first-order valence-electron chi connectivity index (χ1n) is 7.92. The van der Waals surface area contributed by atoms with Crippen LogP contribution in [0.25, 0.3) is 0 Å². The molecule has 0 aliphatic heterocycles. The van der Waals surface area contributed by atoms with Gasteiger partial charge in [-0.15, -0.1) is 0 Å². The normalized spacial score (nSPS) is 55.9. The Hall–Kier alpha value is -0.0400. The molecule has 1 nitrogen and oxygen atoms in total. The van der Waals surface area contributed by atoms with Crippen LogP contribution >= 0.6 is 0 Å². The molecule has 0 atom stereocenters. The highest BCUT2D eigenvalue weighted by Crippen LogP contribution is 2.66. The summed E-state index contributed by atoms with van der Waals surface area (Å²) in [5.74, 6) is 5.56. The van der Waals surface area contributed by atoms with Gasteiger partial charge in [-0.1, -0.05) is 0 Å². The monoisotopic (exact) mass is 233 g/mol. The molecule has 0 aromatic carbocycles. The van der Waals surface area contributed by atoms with Gasteiger partial charge in [0, 0.05) is 0 Å². The van der Waals surface area contributed by atoms with Crippen LogP contribution in [-0.4, -0.2) is 13.6 Å². The standard InChI is InChI=1S/C16H27N/c1-17-10-14-5-15(6-14)16-7-11-2-12(8-16)4-13(3-11)9-16/h11-15,17H,2-10H2,1H3. The maximum absolute atomic E-state index is 3.36. The molecule has 17 heavy (non-hydrogen) atoms. The Morgan fingerprint density at radius 3 is 1.88 bits per heavy atom. The average molecular weight is 233 g/mol. The van der Waals surface area contributed by atoms with Gasteiger partial charge in [-0.05, 0) is 100.0 Å². The topological polar surface area (TPSA) is 12.0 Å². The Labute approximate surface area is 106 Å². The van der Waals surface area contributed by atoms with E-state index in [2.05, 4.69) is 12.4 Å². The smallest absolute Gasteiger partial charge is 0.00233 e. The molecule has 5 aliphatic rings. The maximum Gasteiger partial charge on any atom is -0.00233 e. The number of hydrogen-bond donors (Lipinski definition) is 1. The summed E-state index contributed by atoms with van der Waals surface area (Å²) in [5.41, 5.74) is 0.846. The highest BCUT2D eigenvalue weighted by atomic mass is 14.8. The summed E-state index contributed by atoms with van der Waals surface area (Å²) in [6.45, 7) is 1.27. The highest BCUT2D eigenvalue weighted by Gasteiger charge is 2.56. The summed E-state index contributed by atoms with van der Waals surface area (Å²) >= 11 is 0.